The fraction of sp³-hybridized carbons (Fsp3) is 0.633. The molecule has 4 amide bonds. The number of benzene rings is 1. The fourth-order valence-electron chi connectivity index (χ4n) is 6.41. The van der Waals surface area contributed by atoms with E-state index in [0.29, 0.717) is 25.1 Å². The number of carbonyl (C=O) groups excluding carboxylic acids is 5. The van der Waals surface area contributed by atoms with E-state index in [0.717, 1.165) is 4.90 Å². The van der Waals surface area contributed by atoms with E-state index >= 15 is 0 Å². The summed E-state index contributed by atoms with van der Waals surface area (Å²) < 4.78 is 86.3. The first-order valence-corrected chi connectivity index (χ1v) is 14.7. The van der Waals surface area contributed by atoms with Gasteiger partial charge in [-0.25, -0.2) is 8.78 Å². The van der Waals surface area contributed by atoms with Crippen molar-refractivity contribution in [3.63, 3.8) is 0 Å². The fourth-order valence-corrected chi connectivity index (χ4v) is 6.41. The van der Waals surface area contributed by atoms with Crippen molar-refractivity contribution in [1.29, 1.82) is 0 Å². The molecule has 4 rings (SSSR count). The van der Waals surface area contributed by atoms with Crippen molar-refractivity contribution in [3.8, 4) is 5.75 Å². The average molecular weight is 663 g/mol. The Kier molecular flexibility index (Phi) is 9.44. The molecule has 3 N–H and O–H groups in total. The number of Topliss-reactive ketones (excluding diaryl/α,β-unsaturated/α-hetero) is 1. The van der Waals surface area contributed by atoms with Gasteiger partial charge in [0.15, 0.2) is 23.2 Å². The van der Waals surface area contributed by atoms with Gasteiger partial charge in [0.1, 0.15) is 18.7 Å². The van der Waals surface area contributed by atoms with Crippen LogP contribution in [0.1, 0.15) is 47.5 Å². The van der Waals surface area contributed by atoms with Crippen LogP contribution < -0.4 is 20.7 Å². The molecule has 0 spiro atoms. The van der Waals surface area contributed by atoms with E-state index in [1.54, 1.807) is 5.32 Å². The number of amides is 4. The van der Waals surface area contributed by atoms with E-state index < -0.39 is 106 Å². The summed E-state index contributed by atoms with van der Waals surface area (Å²) in [6.07, 6.45) is -5.20. The number of halogens is 6. The van der Waals surface area contributed by atoms with Gasteiger partial charge in [0.2, 0.25) is 23.5 Å². The number of hydrogen-bond acceptors (Lipinski definition) is 6. The first-order valence-electron chi connectivity index (χ1n) is 14.7. The van der Waals surface area contributed by atoms with Crippen molar-refractivity contribution < 1.29 is 55.1 Å². The predicted octanol–water partition coefficient (Wildman–Crippen LogP) is 2.64. The zero-order chi connectivity index (χ0) is 34.5. The molecule has 1 saturated carbocycles. The highest BCUT2D eigenvalue weighted by Crippen LogP contribution is 2.65. The summed E-state index contributed by atoms with van der Waals surface area (Å²) in [7, 11) is 0. The summed E-state index contributed by atoms with van der Waals surface area (Å²) in [4.78, 5) is 66.2. The first kappa shape index (κ1) is 35.0. The van der Waals surface area contributed by atoms with E-state index in [1.807, 2.05) is 13.8 Å². The van der Waals surface area contributed by atoms with Gasteiger partial charge in [-0.05, 0) is 47.6 Å². The Labute approximate surface area is 260 Å². The third-order valence-electron chi connectivity index (χ3n) is 9.15. The first-order chi connectivity index (χ1) is 21.2. The van der Waals surface area contributed by atoms with E-state index in [4.69, 9.17) is 4.74 Å². The number of likely N-dealkylation sites (tertiary alicyclic amines) is 1. The normalized spacial score (nSPS) is 24.8. The minimum atomic E-state index is -5.27. The standard InChI is InChI=1S/C30H36F6N4O6/c1-28(2,3)23(39-27(45)30(34,35)36)26(44)40-11-14-19(29(14,4)5)21(40)25(43)38-17(10-13-8-9-37-24(13)42)18(41)12-46-22-16(32)7-6-15(31)20(22)33/h6-7,13-14,17,19,21,23H,8-12H2,1-5H3,(H,37,42)(H,38,43)(H,39,45)/t13?,14-,17-,19-,21?,23+/m0/s1. The van der Waals surface area contributed by atoms with Gasteiger partial charge in [0, 0.05) is 19.0 Å². The Bertz CT molecular complexity index is 1430. The number of rotatable bonds is 10. The van der Waals surface area contributed by atoms with Gasteiger partial charge in [0.05, 0.1) is 6.04 Å². The third kappa shape index (κ3) is 6.94. The van der Waals surface area contributed by atoms with Crippen LogP contribution >= 0.6 is 0 Å². The van der Waals surface area contributed by atoms with Crippen LogP contribution in [0.3, 0.4) is 0 Å². The number of alkyl halides is 3. The number of fused-ring (bicyclic) bond motifs is 1. The largest absolute Gasteiger partial charge is 0.480 e. The van der Waals surface area contributed by atoms with Crippen LogP contribution in [0.4, 0.5) is 26.3 Å². The highest BCUT2D eigenvalue weighted by atomic mass is 19.4. The predicted molar refractivity (Wildman–Crippen MR) is 148 cm³/mol. The lowest BCUT2D eigenvalue weighted by Crippen LogP contribution is -2.61. The number of ether oxygens (including phenoxy) is 1. The maximum Gasteiger partial charge on any atom is 0.471 e. The van der Waals surface area contributed by atoms with Crippen LogP contribution in [0.5, 0.6) is 5.75 Å². The van der Waals surface area contributed by atoms with Crippen molar-refractivity contribution in [1.82, 2.24) is 20.9 Å². The molecule has 46 heavy (non-hydrogen) atoms. The van der Waals surface area contributed by atoms with Crippen molar-refractivity contribution in [2.24, 2.45) is 28.6 Å². The topological polar surface area (TPSA) is 134 Å². The molecule has 2 aliphatic heterocycles. The third-order valence-corrected chi connectivity index (χ3v) is 9.15. The molecule has 2 saturated heterocycles. The molecule has 16 heteroatoms. The number of piperidine rings is 1. The second kappa shape index (κ2) is 12.4. The van der Waals surface area contributed by atoms with Crippen LogP contribution in [0, 0.1) is 46.0 Å². The number of nitrogens with one attached hydrogen (secondary N) is 3. The summed E-state index contributed by atoms with van der Waals surface area (Å²) in [6, 6.07) is -3.25. The van der Waals surface area contributed by atoms with Crippen LogP contribution in [0.2, 0.25) is 0 Å². The molecule has 2 heterocycles. The molecule has 1 aromatic rings. The van der Waals surface area contributed by atoms with Crippen molar-refractivity contribution in [2.45, 2.75) is 71.8 Å². The molecular weight excluding hydrogens is 626 g/mol. The van der Waals surface area contributed by atoms with Crippen LogP contribution in [-0.2, 0) is 24.0 Å². The maximum atomic E-state index is 14.1. The van der Waals surface area contributed by atoms with Crippen LogP contribution in [0.15, 0.2) is 12.1 Å². The molecule has 3 aliphatic rings. The quantitative estimate of drug-likeness (QED) is 0.261. The Morgan fingerprint density at radius 2 is 1.70 bits per heavy atom. The van der Waals surface area contributed by atoms with E-state index in [9.17, 15) is 50.3 Å². The van der Waals surface area contributed by atoms with Crippen LogP contribution in [-0.4, -0.2) is 78.3 Å². The summed E-state index contributed by atoms with van der Waals surface area (Å²) in [5.41, 5.74) is -1.65. The Hall–Kier alpha value is -3.85. The highest BCUT2D eigenvalue weighted by molar-refractivity contribution is 5.97. The Morgan fingerprint density at radius 3 is 2.26 bits per heavy atom. The number of nitrogens with zero attached hydrogens (tertiary/aromatic N) is 1. The summed E-state index contributed by atoms with van der Waals surface area (Å²) in [5.74, 6) is -12.3. The molecule has 1 aromatic carbocycles. The molecule has 2 unspecified atom stereocenters. The zero-order valence-corrected chi connectivity index (χ0v) is 25.8. The lowest BCUT2D eigenvalue weighted by molar-refractivity contribution is -0.176. The highest BCUT2D eigenvalue weighted by Gasteiger charge is 2.70. The van der Waals surface area contributed by atoms with E-state index in [-0.39, 0.29) is 18.9 Å². The van der Waals surface area contributed by atoms with Gasteiger partial charge in [-0.2, -0.15) is 17.6 Å². The van der Waals surface area contributed by atoms with Crippen molar-refractivity contribution in [3.05, 3.63) is 29.6 Å². The summed E-state index contributed by atoms with van der Waals surface area (Å²) in [6.45, 7) is 7.33. The van der Waals surface area contributed by atoms with Gasteiger partial charge < -0.3 is 25.6 Å². The number of ketones is 1. The molecule has 254 valence electrons. The average Bonchev–Trinajstić information content (AvgIpc) is 3.29. The van der Waals surface area contributed by atoms with Gasteiger partial charge >= 0.3 is 12.1 Å². The molecular formula is C30H36F6N4O6. The monoisotopic (exact) mass is 662 g/mol. The number of carbonyl (C=O) groups is 5. The van der Waals surface area contributed by atoms with Crippen LogP contribution in [0.25, 0.3) is 0 Å². The lowest BCUT2D eigenvalue weighted by Gasteiger charge is -2.38. The Balaban J connectivity index is 1.59. The summed E-state index contributed by atoms with van der Waals surface area (Å²) >= 11 is 0. The van der Waals surface area contributed by atoms with E-state index in [2.05, 4.69) is 10.6 Å². The maximum absolute atomic E-state index is 14.1. The SMILES string of the molecule is CC(C)(C)[C@H](NC(=O)C(F)(F)F)C(=O)N1C[C@H]2[C@@H](C1C(=O)N[C@@H](CC1CCNC1=O)C(=O)COc1c(F)ccc(F)c1F)C2(C)C. The molecule has 0 bridgehead atoms. The molecule has 3 fully saturated rings. The molecule has 0 aromatic heterocycles. The molecule has 10 nitrogen and oxygen atoms in total. The van der Waals surface area contributed by atoms with E-state index in [1.165, 1.54) is 20.8 Å². The lowest BCUT2D eigenvalue weighted by atomic mass is 9.85. The summed E-state index contributed by atoms with van der Waals surface area (Å²) in [5, 5.41) is 6.88. The molecule has 6 atom stereocenters. The molecule has 1 aliphatic carbocycles. The molecule has 0 radical (unpaired) electrons. The minimum absolute atomic E-state index is 0.00602. The van der Waals surface area contributed by atoms with Gasteiger partial charge in [-0.15, -0.1) is 0 Å². The second-order valence-electron chi connectivity index (χ2n) is 13.7. The zero-order valence-electron chi connectivity index (χ0n) is 25.8. The van der Waals surface area contributed by atoms with Gasteiger partial charge in [0.25, 0.3) is 0 Å². The van der Waals surface area contributed by atoms with Crippen molar-refractivity contribution in [2.75, 3.05) is 19.7 Å². The van der Waals surface area contributed by atoms with Crippen molar-refractivity contribution >= 4 is 29.4 Å². The van der Waals surface area contributed by atoms with Gasteiger partial charge in [-0.1, -0.05) is 34.6 Å². The Morgan fingerprint density at radius 1 is 1.07 bits per heavy atom. The second-order valence-corrected chi connectivity index (χ2v) is 13.7. The smallest absolute Gasteiger partial charge is 0.471 e. The van der Waals surface area contributed by atoms with Gasteiger partial charge in [-0.3, -0.25) is 24.0 Å². The number of hydrogen-bond donors (Lipinski definition) is 3. The minimum Gasteiger partial charge on any atom is -0.480 e.